The molecule has 21 heavy (non-hydrogen) atoms. The lowest BCUT2D eigenvalue weighted by Gasteiger charge is -2.26. The number of nitrogens with one attached hydrogen (secondary N) is 2. The molecule has 5 nitrogen and oxygen atoms in total. The van der Waals surface area contributed by atoms with Crippen molar-refractivity contribution < 1.29 is 14.7 Å². The molecule has 1 aliphatic heterocycles. The van der Waals surface area contributed by atoms with Crippen LogP contribution in [0.3, 0.4) is 0 Å². The summed E-state index contributed by atoms with van der Waals surface area (Å²) in [5, 5.41) is 15.3. The number of carbonyl (C=O) groups is 2. The first-order valence-electron chi connectivity index (χ1n) is 7.34. The second-order valence-corrected chi connectivity index (χ2v) is 5.75. The van der Waals surface area contributed by atoms with Gasteiger partial charge in [-0.2, -0.15) is 0 Å². The third-order valence-electron chi connectivity index (χ3n) is 4.18. The van der Waals surface area contributed by atoms with Gasteiger partial charge in [-0.1, -0.05) is 19.4 Å². The van der Waals surface area contributed by atoms with Crippen molar-refractivity contribution >= 4 is 17.6 Å². The summed E-state index contributed by atoms with van der Waals surface area (Å²) in [6, 6.07) is 5.00. The molecule has 0 aliphatic carbocycles. The molecule has 0 bridgehead atoms. The molecule has 1 fully saturated rings. The zero-order valence-electron chi connectivity index (χ0n) is 12.5. The van der Waals surface area contributed by atoms with Gasteiger partial charge < -0.3 is 15.7 Å². The molecule has 1 atom stereocenters. The van der Waals surface area contributed by atoms with Gasteiger partial charge in [0.05, 0.1) is 11.0 Å². The van der Waals surface area contributed by atoms with Crippen LogP contribution in [0, 0.1) is 12.3 Å². The Labute approximate surface area is 124 Å². The summed E-state index contributed by atoms with van der Waals surface area (Å²) >= 11 is 0. The second-order valence-electron chi connectivity index (χ2n) is 5.75. The molecule has 114 valence electrons. The van der Waals surface area contributed by atoms with Crippen LogP contribution in [0.4, 0.5) is 5.69 Å². The van der Waals surface area contributed by atoms with Crippen molar-refractivity contribution in [3.63, 3.8) is 0 Å². The van der Waals surface area contributed by atoms with Crippen molar-refractivity contribution in [2.75, 3.05) is 18.4 Å². The lowest BCUT2D eigenvalue weighted by atomic mass is 9.81. The van der Waals surface area contributed by atoms with Gasteiger partial charge in [0.1, 0.15) is 0 Å². The van der Waals surface area contributed by atoms with E-state index in [1.165, 1.54) is 6.07 Å². The highest BCUT2D eigenvalue weighted by Crippen LogP contribution is 2.32. The molecule has 2 rings (SSSR count). The first kappa shape index (κ1) is 15.5. The highest BCUT2D eigenvalue weighted by atomic mass is 16.4. The highest BCUT2D eigenvalue weighted by molar-refractivity contribution is 5.97. The summed E-state index contributed by atoms with van der Waals surface area (Å²) in [6.07, 6.45) is 2.61. The van der Waals surface area contributed by atoms with E-state index >= 15 is 0 Å². The number of hydrogen-bond acceptors (Lipinski definition) is 3. The fraction of sp³-hybridized carbons (Fsp3) is 0.500. The third-order valence-corrected chi connectivity index (χ3v) is 4.18. The molecule has 0 aromatic heterocycles. The van der Waals surface area contributed by atoms with Gasteiger partial charge in [-0.15, -0.1) is 0 Å². The van der Waals surface area contributed by atoms with Gasteiger partial charge in [-0.25, -0.2) is 4.79 Å². The molecule has 1 aromatic carbocycles. The van der Waals surface area contributed by atoms with Crippen LogP contribution >= 0.6 is 0 Å². The summed E-state index contributed by atoms with van der Waals surface area (Å²) < 4.78 is 0. The van der Waals surface area contributed by atoms with Crippen LogP contribution in [0.5, 0.6) is 0 Å². The normalized spacial score (nSPS) is 21.2. The van der Waals surface area contributed by atoms with Crippen LogP contribution in [-0.4, -0.2) is 30.1 Å². The van der Waals surface area contributed by atoms with Gasteiger partial charge in [-0.05, 0) is 44.0 Å². The monoisotopic (exact) mass is 290 g/mol. The van der Waals surface area contributed by atoms with Crippen LogP contribution in [0.2, 0.25) is 0 Å². The quantitative estimate of drug-likeness (QED) is 0.778. The van der Waals surface area contributed by atoms with Gasteiger partial charge in [0.25, 0.3) is 0 Å². The van der Waals surface area contributed by atoms with E-state index in [0.29, 0.717) is 17.8 Å². The van der Waals surface area contributed by atoms with Crippen molar-refractivity contribution in [3.8, 4) is 0 Å². The zero-order chi connectivity index (χ0) is 15.5. The summed E-state index contributed by atoms with van der Waals surface area (Å²) in [6.45, 7) is 5.35. The van der Waals surface area contributed by atoms with Crippen molar-refractivity contribution in [3.05, 3.63) is 29.3 Å². The topological polar surface area (TPSA) is 78.4 Å². The molecule has 5 heteroatoms. The lowest BCUT2D eigenvalue weighted by Crippen LogP contribution is -2.38. The molecule has 3 N–H and O–H groups in total. The van der Waals surface area contributed by atoms with Crippen molar-refractivity contribution in [2.24, 2.45) is 5.41 Å². The van der Waals surface area contributed by atoms with Crippen LogP contribution < -0.4 is 10.6 Å². The average molecular weight is 290 g/mol. The SMILES string of the molecule is CCCC1(C(=O)Nc2ccc(C)c(C(=O)O)c2)CCNC1. The minimum Gasteiger partial charge on any atom is -0.478 e. The van der Waals surface area contributed by atoms with E-state index in [1.807, 2.05) is 0 Å². The second kappa shape index (κ2) is 6.26. The smallest absolute Gasteiger partial charge is 0.336 e. The predicted octanol–water partition coefficient (Wildman–Crippen LogP) is 2.41. The average Bonchev–Trinajstić information content (AvgIpc) is 2.91. The minimum absolute atomic E-state index is 0.0189. The van der Waals surface area contributed by atoms with Gasteiger partial charge in [0.2, 0.25) is 5.91 Å². The van der Waals surface area contributed by atoms with Crippen LogP contribution in [0.15, 0.2) is 18.2 Å². The number of aromatic carboxylic acids is 1. The summed E-state index contributed by atoms with van der Waals surface area (Å²) in [5.41, 5.74) is 1.09. The van der Waals surface area contributed by atoms with Gasteiger partial charge in [0.15, 0.2) is 0 Å². The van der Waals surface area contributed by atoms with Crippen LogP contribution in [-0.2, 0) is 4.79 Å². The number of rotatable bonds is 5. The van der Waals surface area contributed by atoms with E-state index in [-0.39, 0.29) is 16.9 Å². The number of aryl methyl sites for hydroxylation is 1. The van der Waals surface area contributed by atoms with Gasteiger partial charge in [0, 0.05) is 12.2 Å². The lowest BCUT2D eigenvalue weighted by molar-refractivity contribution is -0.125. The molecular formula is C16H22N2O3. The van der Waals surface area contributed by atoms with Crippen molar-refractivity contribution in [1.29, 1.82) is 0 Å². The van der Waals surface area contributed by atoms with E-state index in [4.69, 9.17) is 5.11 Å². The van der Waals surface area contributed by atoms with E-state index in [0.717, 1.165) is 25.8 Å². The largest absolute Gasteiger partial charge is 0.478 e. The maximum atomic E-state index is 12.6. The Morgan fingerprint density at radius 3 is 2.76 bits per heavy atom. The third kappa shape index (κ3) is 3.24. The number of carboxylic acid groups (broad SMARTS) is 1. The summed E-state index contributed by atoms with van der Waals surface area (Å²) in [4.78, 5) is 23.8. The molecule has 1 aromatic rings. The predicted molar refractivity (Wildman–Crippen MR) is 81.6 cm³/mol. The Morgan fingerprint density at radius 2 is 2.19 bits per heavy atom. The molecule has 1 saturated heterocycles. The molecular weight excluding hydrogens is 268 g/mol. The molecule has 1 amide bonds. The van der Waals surface area contributed by atoms with Crippen LogP contribution in [0.1, 0.15) is 42.1 Å². The van der Waals surface area contributed by atoms with Crippen molar-refractivity contribution in [2.45, 2.75) is 33.1 Å². The number of carbonyl (C=O) groups excluding carboxylic acids is 1. The first-order chi connectivity index (χ1) is 9.98. The fourth-order valence-corrected chi connectivity index (χ4v) is 2.94. The number of benzene rings is 1. The number of carboxylic acids is 1. The number of hydrogen-bond donors (Lipinski definition) is 3. The van der Waals surface area contributed by atoms with E-state index in [1.54, 1.807) is 19.1 Å². The Hall–Kier alpha value is -1.88. The Kier molecular flexibility index (Phi) is 4.63. The number of amides is 1. The van der Waals surface area contributed by atoms with E-state index in [9.17, 15) is 9.59 Å². The molecule has 0 spiro atoms. The summed E-state index contributed by atoms with van der Waals surface area (Å²) in [5.74, 6) is -0.996. The highest BCUT2D eigenvalue weighted by Gasteiger charge is 2.40. The fourth-order valence-electron chi connectivity index (χ4n) is 2.94. The van der Waals surface area contributed by atoms with E-state index < -0.39 is 5.97 Å². The molecule has 1 aliphatic rings. The van der Waals surface area contributed by atoms with Gasteiger partial charge >= 0.3 is 5.97 Å². The Morgan fingerprint density at radius 1 is 1.43 bits per heavy atom. The maximum Gasteiger partial charge on any atom is 0.336 e. The molecule has 0 saturated carbocycles. The molecule has 1 unspecified atom stereocenters. The molecule has 0 radical (unpaired) electrons. The summed E-state index contributed by atoms with van der Waals surface area (Å²) in [7, 11) is 0. The standard InChI is InChI=1S/C16H22N2O3/c1-3-6-16(7-8-17-10-16)15(21)18-12-5-4-11(2)13(9-12)14(19)20/h4-5,9,17H,3,6-8,10H2,1-2H3,(H,18,21)(H,19,20). The molecule has 1 heterocycles. The van der Waals surface area contributed by atoms with Crippen molar-refractivity contribution in [1.82, 2.24) is 5.32 Å². The van der Waals surface area contributed by atoms with E-state index in [2.05, 4.69) is 17.6 Å². The zero-order valence-corrected chi connectivity index (χ0v) is 12.5. The first-order valence-corrected chi connectivity index (χ1v) is 7.34. The minimum atomic E-state index is -0.977. The Bertz CT molecular complexity index is 548. The van der Waals surface area contributed by atoms with Gasteiger partial charge in [-0.3, -0.25) is 4.79 Å². The van der Waals surface area contributed by atoms with Crippen LogP contribution in [0.25, 0.3) is 0 Å². The maximum absolute atomic E-state index is 12.6. The number of anilines is 1. The Balaban J connectivity index is 2.19.